The lowest BCUT2D eigenvalue weighted by atomic mass is 10.1. The van der Waals surface area contributed by atoms with E-state index in [2.05, 4.69) is 15.1 Å². The molecule has 0 aliphatic rings. The molecule has 7 nitrogen and oxygen atoms in total. The summed E-state index contributed by atoms with van der Waals surface area (Å²) in [6.07, 6.45) is 3.11. The van der Waals surface area contributed by atoms with Crippen molar-refractivity contribution < 1.29 is 9.59 Å². The molecule has 0 saturated heterocycles. The molecule has 0 saturated carbocycles. The lowest BCUT2D eigenvalue weighted by Crippen LogP contribution is -2.33. The zero-order chi connectivity index (χ0) is 17.1. The number of Topliss-reactive ketones (excluding diaryl/α,β-unsaturated/α-hetero) is 1. The highest BCUT2D eigenvalue weighted by atomic mass is 16.2. The minimum atomic E-state index is -0.172. The number of ketones is 1. The summed E-state index contributed by atoms with van der Waals surface area (Å²) in [4.78, 5) is 33.8. The molecule has 23 heavy (non-hydrogen) atoms. The van der Waals surface area contributed by atoms with Crippen LogP contribution < -0.4 is 0 Å². The van der Waals surface area contributed by atoms with Crippen LogP contribution >= 0.6 is 0 Å². The molecule has 2 heterocycles. The Morgan fingerprint density at radius 1 is 1.35 bits per heavy atom. The maximum Gasteiger partial charge on any atom is 0.244 e. The first-order valence-corrected chi connectivity index (χ1v) is 7.39. The second-order valence-corrected chi connectivity index (χ2v) is 5.57. The van der Waals surface area contributed by atoms with Gasteiger partial charge in [-0.05, 0) is 33.8 Å². The number of carbonyl (C=O) groups excluding carboxylic acids is 2. The number of carbonyl (C=O) groups is 2. The minimum Gasteiger partial charge on any atom is -0.336 e. The van der Waals surface area contributed by atoms with Crippen molar-refractivity contribution in [2.24, 2.45) is 0 Å². The summed E-state index contributed by atoms with van der Waals surface area (Å²) in [6.45, 7) is 7.08. The van der Waals surface area contributed by atoms with Gasteiger partial charge in [0.25, 0.3) is 0 Å². The fourth-order valence-electron chi connectivity index (χ4n) is 2.56. The molecule has 2 aromatic rings. The molecule has 0 aliphatic heterocycles. The van der Waals surface area contributed by atoms with Crippen LogP contribution in [0.25, 0.3) is 0 Å². The number of rotatable bonds is 5. The van der Waals surface area contributed by atoms with Gasteiger partial charge >= 0.3 is 0 Å². The molecule has 0 aliphatic carbocycles. The normalized spacial score (nSPS) is 12.0. The third-order valence-corrected chi connectivity index (χ3v) is 4.03. The van der Waals surface area contributed by atoms with Gasteiger partial charge in [-0.2, -0.15) is 5.10 Å². The lowest BCUT2D eigenvalue weighted by Gasteiger charge is -2.24. The summed E-state index contributed by atoms with van der Waals surface area (Å²) >= 11 is 0. The standard InChI is InChI=1S/C16H21N5O2/c1-10-16(13(4)22)12(3)21(19-10)8-15(23)20(5)11(2)14-6-7-17-9-18-14/h6-7,9,11H,8H2,1-5H3. The highest BCUT2D eigenvalue weighted by Crippen LogP contribution is 2.17. The van der Waals surface area contributed by atoms with Crippen molar-refractivity contribution in [1.82, 2.24) is 24.6 Å². The number of aryl methyl sites for hydroxylation is 1. The van der Waals surface area contributed by atoms with Crippen molar-refractivity contribution in [1.29, 1.82) is 0 Å². The van der Waals surface area contributed by atoms with E-state index in [0.717, 1.165) is 5.69 Å². The second kappa shape index (κ2) is 6.68. The van der Waals surface area contributed by atoms with E-state index in [1.807, 2.05) is 6.92 Å². The molecule has 1 atom stereocenters. The first-order valence-electron chi connectivity index (χ1n) is 7.39. The highest BCUT2D eigenvalue weighted by Gasteiger charge is 2.21. The Morgan fingerprint density at radius 3 is 2.57 bits per heavy atom. The molecule has 0 spiro atoms. The summed E-state index contributed by atoms with van der Waals surface area (Å²) in [6, 6.07) is 1.61. The quantitative estimate of drug-likeness (QED) is 0.785. The van der Waals surface area contributed by atoms with Crippen LogP contribution in [0.3, 0.4) is 0 Å². The molecular weight excluding hydrogens is 294 g/mol. The monoisotopic (exact) mass is 315 g/mol. The van der Waals surface area contributed by atoms with Crippen LogP contribution in [0.2, 0.25) is 0 Å². The van der Waals surface area contributed by atoms with Gasteiger partial charge in [-0.1, -0.05) is 0 Å². The van der Waals surface area contributed by atoms with Crippen LogP contribution in [0.15, 0.2) is 18.6 Å². The first kappa shape index (κ1) is 16.8. The van der Waals surface area contributed by atoms with Crippen molar-refractivity contribution in [3.05, 3.63) is 41.2 Å². The molecule has 0 fully saturated rings. The van der Waals surface area contributed by atoms with Crippen LogP contribution in [0.5, 0.6) is 0 Å². The van der Waals surface area contributed by atoms with Crippen LogP contribution in [0, 0.1) is 13.8 Å². The van der Waals surface area contributed by atoms with E-state index >= 15 is 0 Å². The molecule has 1 amide bonds. The molecule has 7 heteroatoms. The van der Waals surface area contributed by atoms with Crippen molar-refractivity contribution in [3.8, 4) is 0 Å². The lowest BCUT2D eigenvalue weighted by molar-refractivity contribution is -0.132. The number of aromatic nitrogens is 4. The van der Waals surface area contributed by atoms with Gasteiger partial charge in [0.05, 0.1) is 23.0 Å². The van der Waals surface area contributed by atoms with E-state index in [0.29, 0.717) is 17.0 Å². The van der Waals surface area contributed by atoms with Gasteiger partial charge in [0.2, 0.25) is 5.91 Å². The van der Waals surface area contributed by atoms with E-state index in [1.165, 1.54) is 13.3 Å². The molecule has 2 rings (SSSR count). The smallest absolute Gasteiger partial charge is 0.244 e. The Balaban J connectivity index is 2.16. The Kier molecular flexibility index (Phi) is 4.88. The topological polar surface area (TPSA) is 81.0 Å². The molecule has 0 aromatic carbocycles. The minimum absolute atomic E-state index is 0.0404. The summed E-state index contributed by atoms with van der Waals surface area (Å²) < 4.78 is 1.58. The van der Waals surface area contributed by atoms with E-state index in [9.17, 15) is 9.59 Å². The summed E-state index contributed by atoms with van der Waals surface area (Å²) in [5.41, 5.74) is 2.72. The highest BCUT2D eigenvalue weighted by molar-refractivity contribution is 5.96. The molecule has 2 aromatic heterocycles. The number of hydrogen-bond acceptors (Lipinski definition) is 5. The molecule has 0 radical (unpaired) electrons. The first-order chi connectivity index (χ1) is 10.8. The SMILES string of the molecule is CC(=O)c1c(C)nn(CC(=O)N(C)C(C)c2ccncn2)c1C. The van der Waals surface area contributed by atoms with Crippen molar-refractivity contribution in [3.63, 3.8) is 0 Å². The molecule has 1 unspecified atom stereocenters. The van der Waals surface area contributed by atoms with Crippen LogP contribution in [-0.2, 0) is 11.3 Å². The van der Waals surface area contributed by atoms with Gasteiger partial charge in [-0.25, -0.2) is 9.97 Å². The van der Waals surface area contributed by atoms with Crippen molar-refractivity contribution >= 4 is 11.7 Å². The number of nitrogens with zero attached hydrogens (tertiary/aromatic N) is 5. The van der Waals surface area contributed by atoms with E-state index in [-0.39, 0.29) is 24.3 Å². The third-order valence-electron chi connectivity index (χ3n) is 4.03. The van der Waals surface area contributed by atoms with Crippen LogP contribution in [0.4, 0.5) is 0 Å². The van der Waals surface area contributed by atoms with Gasteiger partial charge in [0.15, 0.2) is 5.78 Å². The zero-order valence-corrected chi connectivity index (χ0v) is 14.1. The average molecular weight is 315 g/mol. The van der Waals surface area contributed by atoms with E-state index in [4.69, 9.17) is 0 Å². The number of amides is 1. The summed E-state index contributed by atoms with van der Waals surface area (Å²) in [5.74, 6) is -0.141. The average Bonchev–Trinajstić information content (AvgIpc) is 2.80. The summed E-state index contributed by atoms with van der Waals surface area (Å²) in [7, 11) is 1.73. The van der Waals surface area contributed by atoms with Gasteiger partial charge in [-0.3, -0.25) is 14.3 Å². The molecule has 122 valence electrons. The molecular formula is C16H21N5O2. The zero-order valence-electron chi connectivity index (χ0n) is 14.1. The van der Waals surface area contributed by atoms with Crippen molar-refractivity contribution in [2.75, 3.05) is 7.05 Å². The van der Waals surface area contributed by atoms with Gasteiger partial charge in [0, 0.05) is 18.9 Å². The Morgan fingerprint density at radius 2 is 2.04 bits per heavy atom. The van der Waals surface area contributed by atoms with Gasteiger partial charge in [0.1, 0.15) is 12.9 Å². The predicted molar refractivity (Wildman–Crippen MR) is 84.9 cm³/mol. The largest absolute Gasteiger partial charge is 0.336 e. The number of likely N-dealkylation sites (N-methyl/N-ethyl adjacent to an activating group) is 1. The third kappa shape index (κ3) is 3.44. The molecule has 0 bridgehead atoms. The Hall–Kier alpha value is -2.57. The van der Waals surface area contributed by atoms with Gasteiger partial charge < -0.3 is 4.90 Å². The maximum absolute atomic E-state index is 12.5. The Labute approximate surface area is 135 Å². The number of hydrogen-bond donors (Lipinski definition) is 0. The summed E-state index contributed by atoms with van der Waals surface area (Å²) in [5, 5.41) is 4.31. The Bertz CT molecular complexity index is 724. The maximum atomic E-state index is 12.5. The molecule has 0 N–H and O–H groups in total. The second-order valence-electron chi connectivity index (χ2n) is 5.57. The van der Waals surface area contributed by atoms with Gasteiger partial charge in [-0.15, -0.1) is 0 Å². The van der Waals surface area contributed by atoms with E-state index < -0.39 is 0 Å². The van der Waals surface area contributed by atoms with E-state index in [1.54, 1.807) is 42.7 Å². The fraction of sp³-hybridized carbons (Fsp3) is 0.438. The fourth-order valence-corrected chi connectivity index (χ4v) is 2.56. The van der Waals surface area contributed by atoms with Crippen molar-refractivity contribution in [2.45, 2.75) is 40.3 Å². The predicted octanol–water partition coefficient (Wildman–Crippen LogP) is 1.71. The van der Waals surface area contributed by atoms with Crippen LogP contribution in [0.1, 0.15) is 47.3 Å². The van der Waals surface area contributed by atoms with Crippen LogP contribution in [-0.4, -0.2) is 43.4 Å².